The number of rotatable bonds is 13. The smallest absolute Gasteiger partial charge is 0.322 e. The summed E-state index contributed by atoms with van der Waals surface area (Å²) in [5, 5.41) is 0. The second-order valence-corrected chi connectivity index (χ2v) is 5.61. The van der Waals surface area contributed by atoms with E-state index < -0.39 is 24.1 Å². The van der Waals surface area contributed by atoms with E-state index in [1.807, 2.05) is 13.8 Å². The molecule has 3 atom stereocenters. The van der Waals surface area contributed by atoms with Crippen molar-refractivity contribution in [2.45, 2.75) is 71.7 Å². The van der Waals surface area contributed by atoms with Gasteiger partial charge in [-0.1, -0.05) is 33.1 Å². The average molecular weight is 332 g/mol. The number of hydrogen-bond donors (Lipinski definition) is 0. The second kappa shape index (κ2) is 13.3. The molecule has 3 unspecified atom stereocenters. The topological polar surface area (TPSA) is 71.1 Å². The van der Waals surface area contributed by atoms with E-state index in [9.17, 15) is 9.59 Å². The molecule has 0 aromatic heterocycles. The van der Waals surface area contributed by atoms with E-state index in [1.54, 1.807) is 7.11 Å². The zero-order valence-electron chi connectivity index (χ0n) is 15.1. The molecule has 23 heavy (non-hydrogen) atoms. The van der Waals surface area contributed by atoms with Crippen LogP contribution in [-0.2, 0) is 28.5 Å². The number of ether oxygens (including phenoxy) is 4. The quantitative estimate of drug-likeness (QED) is 0.293. The highest BCUT2D eigenvalue weighted by Crippen LogP contribution is 2.16. The maximum absolute atomic E-state index is 12.3. The fraction of sp³-hybridized carbons (Fsp3) is 0.882. The Balaban J connectivity index is 4.61. The normalized spacial score (nSPS) is 14.8. The molecule has 6 nitrogen and oxygen atoms in total. The summed E-state index contributed by atoms with van der Waals surface area (Å²) in [5.74, 6) is -2.01. The Morgan fingerprint density at radius 1 is 0.913 bits per heavy atom. The summed E-state index contributed by atoms with van der Waals surface area (Å²) < 4.78 is 20.7. The fourth-order valence-corrected chi connectivity index (χ4v) is 2.10. The van der Waals surface area contributed by atoms with Crippen LogP contribution in [0.1, 0.15) is 59.3 Å². The van der Waals surface area contributed by atoms with Crippen LogP contribution in [0.15, 0.2) is 0 Å². The van der Waals surface area contributed by atoms with Crippen molar-refractivity contribution in [3.05, 3.63) is 0 Å². The third-order valence-electron chi connectivity index (χ3n) is 3.50. The zero-order valence-corrected chi connectivity index (χ0v) is 15.1. The van der Waals surface area contributed by atoms with Crippen LogP contribution in [0.4, 0.5) is 0 Å². The van der Waals surface area contributed by atoms with Gasteiger partial charge in [-0.25, -0.2) is 0 Å². The first kappa shape index (κ1) is 21.9. The molecule has 0 amide bonds. The van der Waals surface area contributed by atoms with Crippen molar-refractivity contribution in [3.8, 4) is 0 Å². The minimum Gasteiger partial charge on any atom is -0.462 e. The first-order valence-electron chi connectivity index (χ1n) is 8.42. The number of carbonyl (C=O) groups is 2. The number of unbranched alkanes of at least 4 members (excludes halogenated alkanes) is 1. The van der Waals surface area contributed by atoms with Crippen LogP contribution in [0.2, 0.25) is 0 Å². The van der Waals surface area contributed by atoms with Crippen molar-refractivity contribution in [1.82, 2.24) is 0 Å². The van der Waals surface area contributed by atoms with E-state index in [4.69, 9.17) is 18.9 Å². The number of esters is 2. The van der Waals surface area contributed by atoms with Gasteiger partial charge in [0, 0.05) is 20.6 Å². The third-order valence-corrected chi connectivity index (χ3v) is 3.50. The molecule has 0 N–H and O–H groups in total. The van der Waals surface area contributed by atoms with E-state index in [0.29, 0.717) is 25.9 Å². The lowest BCUT2D eigenvalue weighted by atomic mass is 10.0. The molecule has 0 aromatic carbocycles. The summed E-state index contributed by atoms with van der Waals surface area (Å²) in [5.41, 5.74) is 0. The molecule has 0 aliphatic heterocycles. The summed E-state index contributed by atoms with van der Waals surface area (Å²) in [6.45, 7) is 6.24. The van der Waals surface area contributed by atoms with Gasteiger partial charge in [-0.05, 0) is 19.8 Å². The van der Waals surface area contributed by atoms with E-state index >= 15 is 0 Å². The molecule has 136 valence electrons. The Morgan fingerprint density at radius 2 is 1.57 bits per heavy atom. The Bertz CT molecular complexity index is 331. The van der Waals surface area contributed by atoms with Crippen molar-refractivity contribution in [2.24, 2.45) is 5.92 Å². The van der Waals surface area contributed by atoms with Crippen LogP contribution in [-0.4, -0.2) is 45.2 Å². The molecule has 0 saturated carbocycles. The standard InChI is InChI=1S/C17H32O6/c1-6-8-10-13(3)22-16(18)14(9-7-2)17(19)23-15(21-5)11-12-20-4/h13-15H,6-12H2,1-5H3. The molecule has 0 aliphatic rings. The summed E-state index contributed by atoms with van der Waals surface area (Å²) in [7, 11) is 3.01. The first-order chi connectivity index (χ1) is 11.0. The molecule has 0 spiro atoms. The van der Waals surface area contributed by atoms with Crippen LogP contribution in [0, 0.1) is 5.92 Å². The first-order valence-corrected chi connectivity index (χ1v) is 8.42. The van der Waals surface area contributed by atoms with Crippen molar-refractivity contribution < 1.29 is 28.5 Å². The molecule has 0 heterocycles. The van der Waals surface area contributed by atoms with E-state index in [0.717, 1.165) is 19.3 Å². The highest BCUT2D eigenvalue weighted by atomic mass is 16.7. The molecule has 0 radical (unpaired) electrons. The minimum absolute atomic E-state index is 0.193. The van der Waals surface area contributed by atoms with Gasteiger partial charge in [0.25, 0.3) is 0 Å². The van der Waals surface area contributed by atoms with Crippen LogP contribution < -0.4 is 0 Å². The molecule has 0 aliphatic carbocycles. The Morgan fingerprint density at radius 3 is 2.09 bits per heavy atom. The van der Waals surface area contributed by atoms with E-state index in [-0.39, 0.29) is 6.10 Å². The lowest BCUT2D eigenvalue weighted by molar-refractivity contribution is -0.186. The SMILES string of the molecule is CCCCC(C)OC(=O)C(CCC)C(=O)OC(CCOC)OC. The highest BCUT2D eigenvalue weighted by Gasteiger charge is 2.31. The van der Waals surface area contributed by atoms with Crippen LogP contribution >= 0.6 is 0 Å². The lowest BCUT2D eigenvalue weighted by Crippen LogP contribution is -2.33. The average Bonchev–Trinajstić information content (AvgIpc) is 2.53. The lowest BCUT2D eigenvalue weighted by Gasteiger charge is -2.21. The summed E-state index contributed by atoms with van der Waals surface area (Å²) in [6, 6.07) is 0. The predicted octanol–water partition coefficient (Wildman–Crippen LogP) is 3.08. The second-order valence-electron chi connectivity index (χ2n) is 5.61. The van der Waals surface area contributed by atoms with Gasteiger partial charge in [0.05, 0.1) is 12.7 Å². The zero-order chi connectivity index (χ0) is 17.7. The van der Waals surface area contributed by atoms with Gasteiger partial charge in [-0.15, -0.1) is 0 Å². The van der Waals surface area contributed by atoms with Crippen LogP contribution in [0.5, 0.6) is 0 Å². The Labute approximate surface area is 139 Å². The summed E-state index contributed by atoms with van der Waals surface area (Å²) in [6.07, 6.45) is 3.42. The molecule has 0 saturated heterocycles. The van der Waals surface area contributed by atoms with Gasteiger partial charge < -0.3 is 18.9 Å². The van der Waals surface area contributed by atoms with Gasteiger partial charge in [-0.3, -0.25) is 9.59 Å². The number of hydrogen-bond acceptors (Lipinski definition) is 6. The monoisotopic (exact) mass is 332 g/mol. The van der Waals surface area contributed by atoms with Gasteiger partial charge in [-0.2, -0.15) is 0 Å². The minimum atomic E-state index is -0.899. The van der Waals surface area contributed by atoms with Gasteiger partial charge >= 0.3 is 11.9 Å². The number of methoxy groups -OCH3 is 2. The highest BCUT2D eigenvalue weighted by molar-refractivity contribution is 5.95. The summed E-state index contributed by atoms with van der Waals surface area (Å²) >= 11 is 0. The van der Waals surface area contributed by atoms with Crippen molar-refractivity contribution >= 4 is 11.9 Å². The molecule has 0 bridgehead atoms. The molecule has 6 heteroatoms. The Hall–Kier alpha value is -1.14. The summed E-state index contributed by atoms with van der Waals surface area (Å²) in [4.78, 5) is 24.5. The molecular weight excluding hydrogens is 300 g/mol. The number of carbonyl (C=O) groups excluding carboxylic acids is 2. The maximum atomic E-state index is 12.3. The van der Waals surface area contributed by atoms with Crippen molar-refractivity contribution in [3.63, 3.8) is 0 Å². The van der Waals surface area contributed by atoms with Gasteiger partial charge in [0.2, 0.25) is 6.29 Å². The predicted molar refractivity (Wildman–Crippen MR) is 86.9 cm³/mol. The largest absolute Gasteiger partial charge is 0.462 e. The van der Waals surface area contributed by atoms with E-state index in [2.05, 4.69) is 6.92 Å². The maximum Gasteiger partial charge on any atom is 0.322 e. The van der Waals surface area contributed by atoms with Crippen molar-refractivity contribution in [2.75, 3.05) is 20.8 Å². The van der Waals surface area contributed by atoms with E-state index in [1.165, 1.54) is 7.11 Å². The third kappa shape index (κ3) is 9.56. The molecular formula is C17H32O6. The van der Waals surface area contributed by atoms with Gasteiger partial charge in [0.15, 0.2) is 5.92 Å². The van der Waals surface area contributed by atoms with Crippen LogP contribution in [0.25, 0.3) is 0 Å². The fourth-order valence-electron chi connectivity index (χ4n) is 2.10. The van der Waals surface area contributed by atoms with Gasteiger partial charge in [0.1, 0.15) is 0 Å². The molecule has 0 rings (SSSR count). The molecule has 0 fully saturated rings. The van der Waals surface area contributed by atoms with Crippen LogP contribution in [0.3, 0.4) is 0 Å². The Kier molecular flexibility index (Phi) is 12.7. The molecule has 0 aromatic rings. The van der Waals surface area contributed by atoms with Crippen molar-refractivity contribution in [1.29, 1.82) is 0 Å².